The molecule has 0 aromatic heterocycles. The van der Waals surface area contributed by atoms with Crippen molar-refractivity contribution >= 4 is 23.7 Å². The van der Waals surface area contributed by atoms with E-state index in [1.54, 1.807) is 20.8 Å². The fraction of sp³-hybridized carbons (Fsp3) is 0.882. The predicted molar refractivity (Wildman–Crippen MR) is 91.9 cm³/mol. The van der Waals surface area contributed by atoms with E-state index in [0.717, 1.165) is 38.8 Å². The first-order valence-electron chi connectivity index (χ1n) is 8.65. The van der Waals surface area contributed by atoms with Crippen LogP contribution >= 0.6 is 11.6 Å². The molecule has 0 unspecified atom stereocenters. The van der Waals surface area contributed by atoms with Gasteiger partial charge in [0.05, 0.1) is 0 Å². The molecule has 2 fully saturated rings. The number of esters is 1. The number of nitrogens with one attached hydrogen (secondary N) is 2. The molecule has 1 saturated carbocycles. The lowest BCUT2D eigenvalue weighted by Gasteiger charge is -2.47. The molecule has 138 valence electrons. The number of carbonyl (C=O) groups is 2. The lowest BCUT2D eigenvalue weighted by Crippen LogP contribution is -2.59. The highest BCUT2D eigenvalue weighted by atomic mass is 35.5. The van der Waals surface area contributed by atoms with Crippen molar-refractivity contribution in [3.8, 4) is 0 Å². The standard InChI is InChI=1S/C17H29ClN2O4/c1-15(2,3)24-14(22)20-17(13(21)23-12-18)6-4-16(5-7-17)8-10-19-11-9-16/h19H,4-12H2,1-3H3,(H,20,22). The van der Waals surface area contributed by atoms with Gasteiger partial charge in [0.1, 0.15) is 11.1 Å². The molecule has 2 N–H and O–H groups in total. The van der Waals surface area contributed by atoms with Crippen LogP contribution in [0.3, 0.4) is 0 Å². The highest BCUT2D eigenvalue weighted by molar-refractivity contribution is 6.17. The Labute approximate surface area is 149 Å². The van der Waals surface area contributed by atoms with Crippen molar-refractivity contribution in [1.82, 2.24) is 10.6 Å². The van der Waals surface area contributed by atoms with Crippen molar-refractivity contribution in [1.29, 1.82) is 0 Å². The van der Waals surface area contributed by atoms with Crippen LogP contribution in [0.15, 0.2) is 0 Å². The van der Waals surface area contributed by atoms with Crippen LogP contribution < -0.4 is 10.6 Å². The second-order valence-corrected chi connectivity index (χ2v) is 8.22. The van der Waals surface area contributed by atoms with Crippen LogP contribution in [0.2, 0.25) is 0 Å². The van der Waals surface area contributed by atoms with Crippen molar-refractivity contribution in [2.75, 3.05) is 19.2 Å². The van der Waals surface area contributed by atoms with Crippen LogP contribution in [-0.2, 0) is 14.3 Å². The Balaban J connectivity index is 2.08. The zero-order valence-electron chi connectivity index (χ0n) is 14.9. The summed E-state index contributed by atoms with van der Waals surface area (Å²) in [6.45, 7) is 7.40. The average Bonchev–Trinajstić information content (AvgIpc) is 2.49. The first-order chi connectivity index (χ1) is 11.2. The van der Waals surface area contributed by atoms with Gasteiger partial charge in [-0.15, -0.1) is 0 Å². The smallest absolute Gasteiger partial charge is 0.408 e. The Morgan fingerprint density at radius 2 is 1.67 bits per heavy atom. The van der Waals surface area contributed by atoms with E-state index in [4.69, 9.17) is 21.1 Å². The average molecular weight is 361 g/mol. The molecule has 0 bridgehead atoms. The second-order valence-electron chi connectivity index (χ2n) is 8.00. The quantitative estimate of drug-likeness (QED) is 0.597. The van der Waals surface area contributed by atoms with E-state index in [1.165, 1.54) is 0 Å². The Hall–Kier alpha value is -1.01. The summed E-state index contributed by atoms with van der Waals surface area (Å²) in [5.74, 6) is -0.466. The molecule has 1 heterocycles. The van der Waals surface area contributed by atoms with E-state index in [2.05, 4.69) is 10.6 Å². The third-order valence-corrected chi connectivity index (χ3v) is 5.25. The fourth-order valence-electron chi connectivity index (χ4n) is 3.73. The molecule has 2 aliphatic rings. The summed E-state index contributed by atoms with van der Waals surface area (Å²) in [4.78, 5) is 24.7. The van der Waals surface area contributed by atoms with Gasteiger partial charge in [0.2, 0.25) is 0 Å². The fourth-order valence-corrected chi connectivity index (χ4v) is 3.83. The summed E-state index contributed by atoms with van der Waals surface area (Å²) in [7, 11) is 0. The predicted octanol–water partition coefficient (Wildman–Crippen LogP) is 2.93. The van der Waals surface area contributed by atoms with Crippen LogP contribution in [0.25, 0.3) is 0 Å². The molecule has 0 radical (unpaired) electrons. The molecule has 1 aliphatic heterocycles. The Morgan fingerprint density at radius 3 is 2.17 bits per heavy atom. The van der Waals surface area contributed by atoms with Crippen molar-refractivity contribution < 1.29 is 19.1 Å². The van der Waals surface area contributed by atoms with Gasteiger partial charge in [-0.2, -0.15) is 0 Å². The number of amides is 1. The molecule has 2 rings (SSSR count). The van der Waals surface area contributed by atoms with Gasteiger partial charge < -0.3 is 20.1 Å². The van der Waals surface area contributed by atoms with Gasteiger partial charge in [-0.05, 0) is 77.8 Å². The van der Waals surface area contributed by atoms with Gasteiger partial charge in [0.15, 0.2) is 6.07 Å². The number of rotatable bonds is 3. The number of carbonyl (C=O) groups excluding carboxylic acids is 2. The van der Waals surface area contributed by atoms with E-state index in [9.17, 15) is 9.59 Å². The number of hydrogen-bond donors (Lipinski definition) is 2. The Bertz CT molecular complexity index is 460. The highest BCUT2D eigenvalue weighted by Crippen LogP contribution is 2.47. The molecule has 1 aliphatic carbocycles. The van der Waals surface area contributed by atoms with Crippen LogP contribution in [0.4, 0.5) is 4.79 Å². The Kier molecular flexibility index (Phi) is 6.02. The topological polar surface area (TPSA) is 76.7 Å². The van der Waals surface area contributed by atoms with Crippen LogP contribution in [0, 0.1) is 5.41 Å². The zero-order valence-corrected chi connectivity index (χ0v) is 15.6. The summed E-state index contributed by atoms with van der Waals surface area (Å²) in [5, 5.41) is 6.16. The Morgan fingerprint density at radius 1 is 1.08 bits per heavy atom. The van der Waals surface area contributed by atoms with Gasteiger partial charge in [0, 0.05) is 0 Å². The number of hydrogen-bond acceptors (Lipinski definition) is 5. The number of ether oxygens (including phenoxy) is 2. The molecule has 7 heteroatoms. The van der Waals surface area contributed by atoms with Gasteiger partial charge >= 0.3 is 12.1 Å². The minimum atomic E-state index is -1.03. The van der Waals surface area contributed by atoms with Crippen LogP contribution in [0.1, 0.15) is 59.3 Å². The number of halogens is 1. The third-order valence-electron chi connectivity index (χ3n) is 5.15. The minimum Gasteiger partial charge on any atom is -0.448 e. The van der Waals surface area contributed by atoms with Crippen molar-refractivity contribution in [3.63, 3.8) is 0 Å². The molecule has 0 aromatic rings. The summed E-state index contributed by atoms with van der Waals surface area (Å²) in [6, 6.07) is -0.217. The molecule has 1 saturated heterocycles. The number of piperidine rings is 1. The maximum atomic E-state index is 12.5. The number of alkyl carbamates (subject to hydrolysis) is 1. The normalized spacial score (nSPS) is 22.7. The van der Waals surface area contributed by atoms with E-state index in [-0.39, 0.29) is 11.5 Å². The first kappa shape index (κ1) is 19.3. The van der Waals surface area contributed by atoms with Crippen molar-refractivity contribution in [2.24, 2.45) is 5.41 Å². The van der Waals surface area contributed by atoms with E-state index in [1.807, 2.05) is 0 Å². The SMILES string of the molecule is CC(C)(C)OC(=O)NC1(C(=O)OCCl)CCC2(CCNCC2)CC1. The van der Waals surface area contributed by atoms with E-state index >= 15 is 0 Å². The van der Waals surface area contributed by atoms with E-state index in [0.29, 0.717) is 12.8 Å². The summed E-state index contributed by atoms with van der Waals surface area (Å²) in [6.07, 6.45) is 4.53. The van der Waals surface area contributed by atoms with Crippen molar-refractivity contribution in [3.05, 3.63) is 0 Å². The first-order valence-corrected chi connectivity index (χ1v) is 9.19. The summed E-state index contributed by atoms with van der Waals surface area (Å²) >= 11 is 5.57. The molecule has 0 aromatic carbocycles. The summed E-state index contributed by atoms with van der Waals surface area (Å²) < 4.78 is 10.4. The molecule has 1 amide bonds. The molecular formula is C17H29ClN2O4. The lowest BCUT2D eigenvalue weighted by molar-refractivity contribution is -0.152. The molecule has 1 spiro atoms. The van der Waals surface area contributed by atoms with Gasteiger partial charge in [-0.3, -0.25) is 0 Å². The monoisotopic (exact) mass is 360 g/mol. The summed E-state index contributed by atoms with van der Waals surface area (Å²) in [5.41, 5.74) is -1.38. The maximum absolute atomic E-state index is 12.5. The molecule has 24 heavy (non-hydrogen) atoms. The minimum absolute atomic E-state index is 0.217. The van der Waals surface area contributed by atoms with E-state index < -0.39 is 23.2 Å². The molecule has 0 atom stereocenters. The lowest BCUT2D eigenvalue weighted by atomic mass is 9.63. The largest absolute Gasteiger partial charge is 0.448 e. The molecular weight excluding hydrogens is 332 g/mol. The maximum Gasteiger partial charge on any atom is 0.408 e. The van der Waals surface area contributed by atoms with Crippen LogP contribution in [-0.4, -0.2) is 42.4 Å². The second kappa shape index (κ2) is 7.48. The van der Waals surface area contributed by atoms with Gasteiger partial charge in [-0.25, -0.2) is 9.59 Å². The van der Waals surface area contributed by atoms with Crippen LogP contribution in [0.5, 0.6) is 0 Å². The number of alkyl halides is 1. The third kappa shape index (κ3) is 4.76. The van der Waals surface area contributed by atoms with Crippen molar-refractivity contribution in [2.45, 2.75) is 70.4 Å². The zero-order chi connectivity index (χ0) is 17.8. The van der Waals surface area contributed by atoms with Gasteiger partial charge in [0.25, 0.3) is 0 Å². The van der Waals surface area contributed by atoms with Gasteiger partial charge in [-0.1, -0.05) is 11.6 Å². The highest BCUT2D eigenvalue weighted by Gasteiger charge is 2.49. The molecule has 6 nitrogen and oxygen atoms in total.